The first-order valence-corrected chi connectivity index (χ1v) is 8.11. The first kappa shape index (κ1) is 19.6. The van der Waals surface area contributed by atoms with Crippen molar-refractivity contribution in [2.24, 2.45) is 22.7 Å². The Balaban J connectivity index is 0.00000191. The molecule has 0 spiro atoms. The Kier molecular flexibility index (Phi) is 9.60. The highest BCUT2D eigenvalue weighted by atomic mass is 14.7. The van der Waals surface area contributed by atoms with Crippen LogP contribution in [0.25, 0.3) is 0 Å². The van der Waals surface area contributed by atoms with E-state index in [9.17, 15) is 0 Å². The van der Waals surface area contributed by atoms with Gasteiger partial charge in [0, 0.05) is 18.0 Å². The van der Waals surface area contributed by atoms with E-state index >= 15 is 0 Å². The number of allylic oxidation sites excluding steroid dienone is 5. The number of aliphatic imine (C=N–C) groups is 1. The fourth-order valence-electron chi connectivity index (χ4n) is 2.04. The van der Waals surface area contributed by atoms with Crippen LogP contribution >= 0.6 is 0 Å². The van der Waals surface area contributed by atoms with Crippen molar-refractivity contribution in [3.63, 3.8) is 0 Å². The second-order valence-electron chi connectivity index (χ2n) is 5.92. The van der Waals surface area contributed by atoms with Gasteiger partial charge in [-0.3, -0.25) is 4.99 Å². The van der Waals surface area contributed by atoms with Crippen LogP contribution in [0.5, 0.6) is 0 Å². The molecule has 0 radical (unpaired) electrons. The molecule has 1 aliphatic carbocycles. The summed E-state index contributed by atoms with van der Waals surface area (Å²) in [6.07, 6.45) is 10.8. The van der Waals surface area contributed by atoms with Gasteiger partial charge in [0.1, 0.15) is 0 Å². The van der Waals surface area contributed by atoms with Gasteiger partial charge in [-0.25, -0.2) is 0 Å². The smallest absolute Gasteiger partial charge is 0.0676 e. The summed E-state index contributed by atoms with van der Waals surface area (Å²) in [4.78, 5) is 4.54. The van der Waals surface area contributed by atoms with E-state index in [0.29, 0.717) is 17.8 Å². The minimum Gasteiger partial charge on any atom is -0.308 e. The van der Waals surface area contributed by atoms with Crippen molar-refractivity contribution in [3.05, 3.63) is 35.1 Å². The molecule has 0 aromatic rings. The molecule has 0 saturated carbocycles. The number of hydrogen-bond donors (Lipinski definition) is 1. The number of hydrogen-bond acceptors (Lipinski definition) is 2. The second kappa shape index (κ2) is 10.3. The number of nitrogens with one attached hydrogen (secondary N) is 1. The molecule has 0 heterocycles. The Labute approximate surface area is 131 Å². The van der Waals surface area contributed by atoms with Crippen LogP contribution in [-0.4, -0.2) is 12.4 Å². The maximum atomic E-state index is 7.58. The molecule has 0 aromatic heterocycles. The van der Waals surface area contributed by atoms with Crippen LogP contribution in [0, 0.1) is 23.2 Å². The Hall–Kier alpha value is -1.44. The summed E-state index contributed by atoms with van der Waals surface area (Å²) in [7, 11) is 0. The maximum absolute atomic E-state index is 7.58. The fraction of sp³-hybridized carbons (Fsp3) is 0.579. The maximum Gasteiger partial charge on any atom is 0.0676 e. The highest BCUT2D eigenvalue weighted by molar-refractivity contribution is 5.84. The molecule has 0 fully saturated rings. The lowest BCUT2D eigenvalue weighted by molar-refractivity contribution is 0.628. The topological polar surface area (TPSA) is 36.2 Å². The third-order valence-corrected chi connectivity index (χ3v) is 3.18. The summed E-state index contributed by atoms with van der Waals surface area (Å²) in [5.41, 5.74) is 3.26. The average molecular weight is 288 g/mol. The molecule has 2 heteroatoms. The normalized spacial score (nSPS) is 24.2. The summed E-state index contributed by atoms with van der Waals surface area (Å²) in [6, 6.07) is 0. The Morgan fingerprint density at radius 3 is 2.29 bits per heavy atom. The van der Waals surface area contributed by atoms with Crippen LogP contribution < -0.4 is 0 Å². The van der Waals surface area contributed by atoms with Crippen LogP contribution in [0.1, 0.15) is 54.9 Å². The van der Waals surface area contributed by atoms with Crippen LogP contribution in [0.4, 0.5) is 0 Å². The minimum atomic E-state index is 0.426. The molecule has 1 N–H and O–H groups in total. The molecule has 2 nitrogen and oxygen atoms in total. The molecule has 0 aromatic carbocycles. The van der Waals surface area contributed by atoms with Crippen LogP contribution in [0.2, 0.25) is 0 Å². The van der Waals surface area contributed by atoms with Crippen molar-refractivity contribution in [1.29, 1.82) is 5.41 Å². The van der Waals surface area contributed by atoms with Gasteiger partial charge in [-0.2, -0.15) is 0 Å². The summed E-state index contributed by atoms with van der Waals surface area (Å²) in [5.74, 6) is 1.44. The van der Waals surface area contributed by atoms with E-state index < -0.39 is 0 Å². The van der Waals surface area contributed by atoms with Gasteiger partial charge in [-0.1, -0.05) is 72.3 Å². The summed E-state index contributed by atoms with van der Waals surface area (Å²) >= 11 is 0. The van der Waals surface area contributed by atoms with Crippen molar-refractivity contribution in [2.45, 2.75) is 54.9 Å². The van der Waals surface area contributed by atoms with Gasteiger partial charge in [0.15, 0.2) is 0 Å². The molecule has 0 aliphatic heterocycles. The Morgan fingerprint density at radius 2 is 1.81 bits per heavy atom. The molecule has 0 saturated heterocycles. The van der Waals surface area contributed by atoms with Crippen molar-refractivity contribution in [3.8, 4) is 0 Å². The lowest BCUT2D eigenvalue weighted by atomic mass is 9.89. The average Bonchev–Trinajstić information content (AvgIpc) is 2.43. The third-order valence-electron chi connectivity index (χ3n) is 3.18. The van der Waals surface area contributed by atoms with Gasteiger partial charge >= 0.3 is 0 Å². The van der Waals surface area contributed by atoms with E-state index in [1.807, 2.05) is 26.1 Å². The zero-order chi connectivity index (χ0) is 16.4. The molecule has 1 aliphatic rings. The predicted molar refractivity (Wildman–Crippen MR) is 96.3 cm³/mol. The summed E-state index contributed by atoms with van der Waals surface area (Å²) in [6.45, 7) is 14.9. The molecule has 1 atom stereocenters. The van der Waals surface area contributed by atoms with Crippen LogP contribution in [0.3, 0.4) is 0 Å². The van der Waals surface area contributed by atoms with Gasteiger partial charge in [0.2, 0.25) is 0 Å². The highest BCUT2D eigenvalue weighted by Crippen LogP contribution is 2.26. The van der Waals surface area contributed by atoms with Crippen molar-refractivity contribution in [2.75, 3.05) is 0 Å². The lowest BCUT2D eigenvalue weighted by Gasteiger charge is -2.17. The van der Waals surface area contributed by atoms with Crippen LogP contribution in [-0.2, 0) is 0 Å². The molecule has 0 bridgehead atoms. The Morgan fingerprint density at radius 1 is 1.19 bits per heavy atom. The zero-order valence-corrected chi connectivity index (χ0v) is 14.8. The van der Waals surface area contributed by atoms with Crippen molar-refractivity contribution < 1.29 is 0 Å². The van der Waals surface area contributed by atoms with Gasteiger partial charge < -0.3 is 5.41 Å². The van der Waals surface area contributed by atoms with E-state index in [1.54, 1.807) is 0 Å². The first-order chi connectivity index (χ1) is 9.93. The third kappa shape index (κ3) is 7.22. The van der Waals surface area contributed by atoms with Gasteiger partial charge in [-0.05, 0) is 24.2 Å². The van der Waals surface area contributed by atoms with E-state index in [0.717, 1.165) is 17.7 Å². The quantitative estimate of drug-likeness (QED) is 0.633. The molecule has 1 unspecified atom stereocenters. The molecular weight excluding hydrogens is 256 g/mol. The van der Waals surface area contributed by atoms with Crippen molar-refractivity contribution >= 4 is 12.4 Å². The van der Waals surface area contributed by atoms with Gasteiger partial charge in [0.25, 0.3) is 0 Å². The number of nitrogens with zero attached hydrogens (tertiary/aromatic N) is 1. The minimum absolute atomic E-state index is 0.426. The monoisotopic (exact) mass is 288 g/mol. The first-order valence-electron chi connectivity index (χ1n) is 8.11. The van der Waals surface area contributed by atoms with E-state index in [1.165, 1.54) is 11.8 Å². The SMILES string of the molecule is CC.CC(C)C=NC1=C/C(C)CC(C(C)C)=C/C=C\1C=N. The lowest BCUT2D eigenvalue weighted by Crippen LogP contribution is -2.04. The molecule has 118 valence electrons. The fourth-order valence-corrected chi connectivity index (χ4v) is 2.04. The Bertz CT molecular complexity index is 434. The van der Waals surface area contributed by atoms with Crippen molar-refractivity contribution in [1.82, 2.24) is 0 Å². The zero-order valence-electron chi connectivity index (χ0n) is 14.8. The standard InChI is InChI=1S/C17H26N2.C2H6/c1-12(2)11-19-17-9-14(5)8-15(13(3)4)6-7-16(17)10-18;1-2/h6-7,9-14,18H,8H2,1-5H3;1-2H3/b15-6?,16-7-,17-9+,18-10?,19-11?;. The second-order valence-corrected chi connectivity index (χ2v) is 5.92. The summed E-state index contributed by atoms with van der Waals surface area (Å²) in [5, 5.41) is 7.58. The molecule has 21 heavy (non-hydrogen) atoms. The molecular formula is C19H32N2. The van der Waals surface area contributed by atoms with E-state index in [2.05, 4.69) is 51.8 Å². The largest absolute Gasteiger partial charge is 0.308 e. The van der Waals surface area contributed by atoms with Crippen LogP contribution in [0.15, 0.2) is 40.1 Å². The van der Waals surface area contributed by atoms with Gasteiger partial charge in [-0.15, -0.1) is 0 Å². The summed E-state index contributed by atoms with van der Waals surface area (Å²) < 4.78 is 0. The van der Waals surface area contributed by atoms with E-state index in [-0.39, 0.29) is 0 Å². The predicted octanol–water partition coefficient (Wildman–Crippen LogP) is 5.82. The number of rotatable bonds is 4. The van der Waals surface area contributed by atoms with Gasteiger partial charge in [0.05, 0.1) is 5.70 Å². The molecule has 1 rings (SSSR count). The van der Waals surface area contributed by atoms with E-state index in [4.69, 9.17) is 5.41 Å². The highest BCUT2D eigenvalue weighted by Gasteiger charge is 2.12. The molecule has 0 amide bonds.